The van der Waals surface area contributed by atoms with Crippen LogP contribution >= 0.6 is 0 Å². The molecule has 0 fully saturated rings. The largest absolute Gasteiger partial charge is 0.480 e. The van der Waals surface area contributed by atoms with Gasteiger partial charge in [-0.05, 0) is 24.1 Å². The maximum atomic E-state index is 13.5. The first kappa shape index (κ1) is 18.2. The van der Waals surface area contributed by atoms with E-state index in [4.69, 9.17) is 5.11 Å². The fraction of sp³-hybridized carbons (Fsp3) is 0.417. The molecule has 0 aromatic heterocycles. The second kappa shape index (κ2) is 6.97. The number of nitrogens with one attached hydrogen (secondary N) is 1. The summed E-state index contributed by atoms with van der Waals surface area (Å²) in [4.78, 5) is 10.4. The molecule has 22 heavy (non-hydrogen) atoms. The van der Waals surface area contributed by atoms with Crippen LogP contribution in [0.5, 0.6) is 5.75 Å². The molecule has 1 aromatic carbocycles. The van der Waals surface area contributed by atoms with E-state index in [9.17, 15) is 26.4 Å². The van der Waals surface area contributed by atoms with Crippen LogP contribution in [-0.2, 0) is 14.8 Å². The normalized spacial score (nSPS) is 13.4. The van der Waals surface area contributed by atoms with Gasteiger partial charge >= 0.3 is 12.6 Å². The number of hydrogen-bond acceptors (Lipinski definition) is 4. The van der Waals surface area contributed by atoms with E-state index in [2.05, 4.69) is 4.74 Å². The molecule has 0 heterocycles. The Bertz CT molecular complexity index is 648. The minimum Gasteiger partial charge on any atom is -0.480 e. The van der Waals surface area contributed by atoms with Crippen LogP contribution in [0.1, 0.15) is 13.8 Å². The van der Waals surface area contributed by atoms with Crippen LogP contribution < -0.4 is 9.46 Å². The molecule has 0 saturated heterocycles. The molecule has 0 unspecified atom stereocenters. The maximum absolute atomic E-state index is 13.5. The van der Waals surface area contributed by atoms with E-state index in [-0.39, 0.29) is 0 Å². The van der Waals surface area contributed by atoms with Gasteiger partial charge in [0.15, 0.2) is 11.6 Å². The van der Waals surface area contributed by atoms with Crippen molar-refractivity contribution in [2.24, 2.45) is 5.92 Å². The zero-order valence-electron chi connectivity index (χ0n) is 11.6. The summed E-state index contributed by atoms with van der Waals surface area (Å²) in [6.07, 6.45) is 0. The number of sulfonamides is 1. The van der Waals surface area contributed by atoms with Crippen molar-refractivity contribution in [3.8, 4) is 5.75 Å². The fourth-order valence-corrected chi connectivity index (χ4v) is 2.90. The summed E-state index contributed by atoms with van der Waals surface area (Å²) in [5.74, 6) is -4.07. The lowest BCUT2D eigenvalue weighted by Gasteiger charge is -2.18. The van der Waals surface area contributed by atoms with Gasteiger partial charge in [-0.25, -0.2) is 12.8 Å². The smallest absolute Gasteiger partial charge is 0.387 e. The van der Waals surface area contributed by atoms with Crippen molar-refractivity contribution in [3.05, 3.63) is 24.0 Å². The molecular weight excluding hydrogens is 327 g/mol. The first-order valence-corrected chi connectivity index (χ1v) is 7.52. The second-order valence-corrected chi connectivity index (χ2v) is 6.37. The van der Waals surface area contributed by atoms with E-state index < -0.39 is 51.0 Å². The van der Waals surface area contributed by atoms with E-state index in [1.165, 1.54) is 13.8 Å². The van der Waals surface area contributed by atoms with Crippen molar-refractivity contribution >= 4 is 16.0 Å². The predicted octanol–water partition coefficient (Wildman–Crippen LogP) is 1.81. The Morgan fingerprint density at radius 3 is 2.32 bits per heavy atom. The molecule has 0 aliphatic carbocycles. The average Bonchev–Trinajstić information content (AvgIpc) is 2.37. The second-order valence-electron chi connectivity index (χ2n) is 4.65. The molecule has 1 atom stereocenters. The lowest BCUT2D eigenvalue weighted by atomic mass is 10.1. The van der Waals surface area contributed by atoms with Gasteiger partial charge in [-0.1, -0.05) is 13.8 Å². The van der Waals surface area contributed by atoms with Crippen molar-refractivity contribution < 1.29 is 36.2 Å². The minimum atomic E-state index is -4.33. The van der Waals surface area contributed by atoms with E-state index in [1.54, 1.807) is 0 Å². The highest BCUT2D eigenvalue weighted by Crippen LogP contribution is 2.23. The lowest BCUT2D eigenvalue weighted by molar-refractivity contribution is -0.140. The van der Waals surface area contributed by atoms with E-state index in [1.807, 2.05) is 4.72 Å². The van der Waals surface area contributed by atoms with Crippen molar-refractivity contribution in [1.29, 1.82) is 0 Å². The van der Waals surface area contributed by atoms with Gasteiger partial charge in [0.25, 0.3) is 0 Å². The lowest BCUT2D eigenvalue weighted by Crippen LogP contribution is -2.44. The number of benzene rings is 1. The van der Waals surface area contributed by atoms with Crippen LogP contribution in [-0.4, -0.2) is 32.1 Å². The third-order valence-corrected chi connectivity index (χ3v) is 4.08. The summed E-state index contributed by atoms with van der Waals surface area (Å²) in [7, 11) is -4.33. The molecule has 0 spiro atoms. The molecule has 6 nitrogen and oxygen atoms in total. The standard InChI is InChI=1S/C12H14F3NO5S/c1-6(2)10(11(17)18)16-22(19,20)7-3-4-9(8(13)5-7)21-12(14)15/h3-6,10,12,16H,1-2H3,(H,17,18)/t10-/m1/s1. The van der Waals surface area contributed by atoms with Crippen LogP contribution in [0.15, 0.2) is 23.1 Å². The van der Waals surface area contributed by atoms with Crippen molar-refractivity contribution in [1.82, 2.24) is 4.72 Å². The maximum Gasteiger partial charge on any atom is 0.387 e. The first-order valence-electron chi connectivity index (χ1n) is 6.04. The average molecular weight is 341 g/mol. The van der Waals surface area contributed by atoms with Crippen LogP contribution in [0.25, 0.3) is 0 Å². The summed E-state index contributed by atoms with van der Waals surface area (Å²) in [5, 5.41) is 8.95. The Kier molecular flexibility index (Phi) is 5.78. The number of rotatable bonds is 7. The van der Waals surface area contributed by atoms with Crippen LogP contribution in [0.4, 0.5) is 13.2 Å². The van der Waals surface area contributed by atoms with Crippen LogP contribution in [0.3, 0.4) is 0 Å². The Balaban J connectivity index is 3.08. The number of hydrogen-bond donors (Lipinski definition) is 2. The molecular formula is C12H14F3NO5S. The molecule has 0 aliphatic heterocycles. The van der Waals surface area contributed by atoms with E-state index in [0.29, 0.717) is 6.07 Å². The molecule has 0 radical (unpaired) electrons. The minimum absolute atomic E-state index is 0.472. The highest BCUT2D eigenvalue weighted by Gasteiger charge is 2.28. The van der Waals surface area contributed by atoms with Gasteiger partial charge in [0, 0.05) is 0 Å². The number of alkyl halides is 2. The Hall–Kier alpha value is -1.81. The quantitative estimate of drug-likeness (QED) is 0.789. The zero-order valence-corrected chi connectivity index (χ0v) is 12.4. The molecule has 0 aliphatic rings. The van der Waals surface area contributed by atoms with Gasteiger partial charge in [-0.15, -0.1) is 0 Å². The molecule has 0 saturated carbocycles. The number of carboxylic acid groups (broad SMARTS) is 1. The molecule has 124 valence electrons. The van der Waals surface area contributed by atoms with Gasteiger partial charge < -0.3 is 9.84 Å². The molecule has 1 rings (SSSR count). The third kappa shape index (κ3) is 4.60. The zero-order chi connectivity index (χ0) is 17.1. The first-order chi connectivity index (χ1) is 10.0. The summed E-state index contributed by atoms with van der Waals surface area (Å²) in [6.45, 7) is -0.282. The van der Waals surface area contributed by atoms with Crippen LogP contribution in [0.2, 0.25) is 0 Å². The highest BCUT2D eigenvalue weighted by molar-refractivity contribution is 7.89. The Morgan fingerprint density at radius 1 is 1.32 bits per heavy atom. The van der Waals surface area contributed by atoms with Gasteiger partial charge in [0.05, 0.1) is 4.90 Å². The Labute approximate surface area is 124 Å². The van der Waals surface area contributed by atoms with E-state index in [0.717, 1.165) is 12.1 Å². The number of carbonyl (C=O) groups is 1. The number of ether oxygens (including phenoxy) is 1. The topological polar surface area (TPSA) is 92.7 Å². The molecule has 1 aromatic rings. The third-order valence-electron chi connectivity index (χ3n) is 2.64. The summed E-state index contributed by atoms with van der Waals surface area (Å²) >= 11 is 0. The van der Waals surface area contributed by atoms with Crippen molar-refractivity contribution in [3.63, 3.8) is 0 Å². The van der Waals surface area contributed by atoms with Crippen LogP contribution in [0, 0.1) is 11.7 Å². The molecule has 2 N–H and O–H groups in total. The molecule has 0 bridgehead atoms. The summed E-state index contributed by atoms with van der Waals surface area (Å²) < 4.78 is 67.3. The number of halogens is 3. The predicted molar refractivity (Wildman–Crippen MR) is 69.6 cm³/mol. The van der Waals surface area contributed by atoms with Crippen molar-refractivity contribution in [2.75, 3.05) is 0 Å². The van der Waals surface area contributed by atoms with Gasteiger partial charge in [0.2, 0.25) is 10.0 Å². The highest BCUT2D eigenvalue weighted by atomic mass is 32.2. The van der Waals surface area contributed by atoms with Crippen molar-refractivity contribution in [2.45, 2.75) is 31.4 Å². The van der Waals surface area contributed by atoms with Gasteiger partial charge in [-0.2, -0.15) is 13.5 Å². The Morgan fingerprint density at radius 2 is 1.91 bits per heavy atom. The molecule has 0 amide bonds. The SMILES string of the molecule is CC(C)[C@@H](NS(=O)(=O)c1ccc(OC(F)F)c(F)c1)C(=O)O. The molecule has 10 heteroatoms. The van der Waals surface area contributed by atoms with Gasteiger partial charge in [-0.3, -0.25) is 4.79 Å². The van der Waals surface area contributed by atoms with E-state index >= 15 is 0 Å². The number of carboxylic acids is 1. The summed E-state index contributed by atoms with van der Waals surface area (Å²) in [6, 6.07) is 0.619. The van der Waals surface area contributed by atoms with Gasteiger partial charge in [0.1, 0.15) is 6.04 Å². The monoisotopic (exact) mass is 341 g/mol. The number of aliphatic carboxylic acids is 1. The summed E-state index contributed by atoms with van der Waals surface area (Å²) in [5.41, 5.74) is 0. The fourth-order valence-electron chi connectivity index (χ4n) is 1.55.